The number of ether oxygens (including phenoxy) is 2. The maximum absolute atomic E-state index is 14.0. The first-order valence-corrected chi connectivity index (χ1v) is 9.93. The Balaban J connectivity index is 1.40. The Morgan fingerprint density at radius 2 is 1.85 bits per heavy atom. The van der Waals surface area contributed by atoms with Crippen molar-refractivity contribution in [3.63, 3.8) is 0 Å². The Labute approximate surface area is 156 Å². The summed E-state index contributed by atoms with van der Waals surface area (Å²) in [5, 5.41) is 8.94. The van der Waals surface area contributed by atoms with Crippen LogP contribution in [0.4, 0.5) is 4.39 Å². The Morgan fingerprint density at radius 1 is 1.12 bits per heavy atom. The minimum atomic E-state index is -0.190. The smallest absolute Gasteiger partial charge is 0.160 e. The van der Waals surface area contributed by atoms with E-state index in [1.165, 1.54) is 12.8 Å². The summed E-state index contributed by atoms with van der Waals surface area (Å²) < 4.78 is 25.7. The molecule has 0 radical (unpaired) electrons. The molecule has 0 unspecified atom stereocenters. The van der Waals surface area contributed by atoms with Crippen LogP contribution < -0.4 is 0 Å². The molecule has 144 valence electrons. The van der Waals surface area contributed by atoms with E-state index in [2.05, 4.69) is 6.58 Å². The first kappa shape index (κ1) is 19.5. The molecule has 1 N–H and O–H groups in total. The fourth-order valence-electron chi connectivity index (χ4n) is 4.13. The number of aliphatic hydroxyl groups excluding tert-OH is 1. The monoisotopic (exact) mass is 362 g/mol. The van der Waals surface area contributed by atoms with Gasteiger partial charge in [0.2, 0.25) is 0 Å². The lowest BCUT2D eigenvalue weighted by molar-refractivity contribution is -0.222. The first-order chi connectivity index (χ1) is 12.7. The molecule has 26 heavy (non-hydrogen) atoms. The maximum atomic E-state index is 14.0. The molecule has 1 saturated carbocycles. The van der Waals surface area contributed by atoms with Crippen LogP contribution >= 0.6 is 0 Å². The van der Waals surface area contributed by atoms with Crippen molar-refractivity contribution in [2.45, 2.75) is 51.2 Å². The second kappa shape index (κ2) is 9.63. The number of rotatable bonds is 7. The highest BCUT2D eigenvalue weighted by atomic mass is 19.1. The molecule has 1 aliphatic carbocycles. The minimum absolute atomic E-state index is 0.0117. The van der Waals surface area contributed by atoms with Gasteiger partial charge in [0.25, 0.3) is 0 Å². The maximum Gasteiger partial charge on any atom is 0.160 e. The number of hydrogen-bond donors (Lipinski definition) is 1. The minimum Gasteiger partial charge on any atom is -0.396 e. The molecule has 1 aliphatic heterocycles. The van der Waals surface area contributed by atoms with E-state index in [1.807, 2.05) is 18.2 Å². The number of hydrogen-bond acceptors (Lipinski definition) is 3. The quantitative estimate of drug-likeness (QED) is 0.736. The Bertz CT molecular complexity index is 573. The van der Waals surface area contributed by atoms with Crippen molar-refractivity contribution in [1.29, 1.82) is 0 Å². The van der Waals surface area contributed by atoms with Crippen LogP contribution in [-0.4, -0.2) is 31.2 Å². The van der Waals surface area contributed by atoms with Crippen molar-refractivity contribution in [3.05, 3.63) is 47.8 Å². The van der Waals surface area contributed by atoms with Gasteiger partial charge in [0.1, 0.15) is 5.82 Å². The normalized spacial score (nSPS) is 29.5. The lowest BCUT2D eigenvalue weighted by atomic mass is 9.79. The van der Waals surface area contributed by atoms with Crippen LogP contribution in [0.25, 0.3) is 0 Å². The lowest BCUT2D eigenvalue weighted by Gasteiger charge is -2.37. The molecule has 1 aromatic carbocycles. The molecule has 2 aliphatic rings. The molecule has 1 heterocycles. The zero-order chi connectivity index (χ0) is 18.4. The molecule has 2 fully saturated rings. The van der Waals surface area contributed by atoms with Crippen LogP contribution in [0.2, 0.25) is 0 Å². The molecule has 3 rings (SSSR count). The molecule has 0 spiro atoms. The van der Waals surface area contributed by atoms with E-state index in [-0.39, 0.29) is 18.7 Å². The Kier molecular flexibility index (Phi) is 7.23. The Hall–Kier alpha value is -1.23. The number of halogens is 1. The van der Waals surface area contributed by atoms with Gasteiger partial charge in [0, 0.05) is 18.4 Å². The summed E-state index contributed by atoms with van der Waals surface area (Å²) >= 11 is 0. The van der Waals surface area contributed by atoms with Crippen LogP contribution in [0, 0.1) is 23.6 Å². The molecule has 4 heteroatoms. The van der Waals surface area contributed by atoms with Crippen molar-refractivity contribution in [1.82, 2.24) is 0 Å². The van der Waals surface area contributed by atoms with Crippen LogP contribution in [0.3, 0.4) is 0 Å². The van der Waals surface area contributed by atoms with Gasteiger partial charge in [-0.25, -0.2) is 4.39 Å². The van der Waals surface area contributed by atoms with E-state index in [1.54, 1.807) is 6.07 Å². The van der Waals surface area contributed by atoms with Crippen molar-refractivity contribution >= 4 is 0 Å². The summed E-state index contributed by atoms with van der Waals surface area (Å²) in [6.07, 6.45) is 8.98. The molecular formula is C22H31FO3. The average molecular weight is 362 g/mol. The average Bonchev–Trinajstić information content (AvgIpc) is 2.69. The van der Waals surface area contributed by atoms with E-state index in [4.69, 9.17) is 14.6 Å². The van der Waals surface area contributed by atoms with Gasteiger partial charge >= 0.3 is 0 Å². The van der Waals surface area contributed by atoms with Gasteiger partial charge in [-0.3, -0.25) is 0 Å². The van der Waals surface area contributed by atoms with Gasteiger partial charge in [-0.05, 0) is 68.1 Å². The molecule has 1 saturated heterocycles. The standard InChI is InChI=1S/C22H31FO3/c1-2-16-14-25-22(26-15-16)20-9-5-17(6-10-20)3-4-18-7-8-19(11-12-24)21(23)13-18/h2,7-8,13,16-17,20,22,24H,1,3-6,9-12,14-15H2. The second-order valence-electron chi connectivity index (χ2n) is 7.75. The second-order valence-corrected chi connectivity index (χ2v) is 7.75. The van der Waals surface area contributed by atoms with E-state index in [9.17, 15) is 4.39 Å². The van der Waals surface area contributed by atoms with E-state index in [0.717, 1.165) is 44.5 Å². The summed E-state index contributed by atoms with van der Waals surface area (Å²) in [4.78, 5) is 0. The van der Waals surface area contributed by atoms with Gasteiger partial charge in [0.15, 0.2) is 6.29 Å². The summed E-state index contributed by atoms with van der Waals surface area (Å²) in [7, 11) is 0. The summed E-state index contributed by atoms with van der Waals surface area (Å²) in [6.45, 7) is 5.25. The van der Waals surface area contributed by atoms with Crippen LogP contribution in [0.5, 0.6) is 0 Å². The van der Waals surface area contributed by atoms with E-state index >= 15 is 0 Å². The first-order valence-electron chi connectivity index (χ1n) is 9.93. The third-order valence-corrected chi connectivity index (χ3v) is 5.90. The molecule has 0 bridgehead atoms. The van der Waals surface area contributed by atoms with Gasteiger partial charge < -0.3 is 14.6 Å². The van der Waals surface area contributed by atoms with Crippen LogP contribution in [0.1, 0.15) is 43.2 Å². The summed E-state index contributed by atoms with van der Waals surface area (Å²) in [6, 6.07) is 5.45. The summed E-state index contributed by atoms with van der Waals surface area (Å²) in [5.41, 5.74) is 1.66. The fourth-order valence-corrected chi connectivity index (χ4v) is 4.13. The van der Waals surface area contributed by atoms with Crippen molar-refractivity contribution in [2.24, 2.45) is 17.8 Å². The zero-order valence-corrected chi connectivity index (χ0v) is 15.5. The fraction of sp³-hybridized carbons (Fsp3) is 0.636. The number of benzene rings is 1. The molecule has 3 nitrogen and oxygen atoms in total. The van der Waals surface area contributed by atoms with Crippen molar-refractivity contribution in [3.8, 4) is 0 Å². The highest BCUT2D eigenvalue weighted by Gasteiger charge is 2.31. The van der Waals surface area contributed by atoms with Gasteiger partial charge in [-0.2, -0.15) is 0 Å². The molecule has 0 atom stereocenters. The zero-order valence-electron chi connectivity index (χ0n) is 15.5. The number of aryl methyl sites for hydroxylation is 1. The van der Waals surface area contributed by atoms with E-state index < -0.39 is 0 Å². The summed E-state index contributed by atoms with van der Waals surface area (Å²) in [5.74, 6) is 1.35. The van der Waals surface area contributed by atoms with Gasteiger partial charge in [-0.1, -0.05) is 18.2 Å². The van der Waals surface area contributed by atoms with Crippen molar-refractivity contribution < 1.29 is 19.0 Å². The highest BCUT2D eigenvalue weighted by Crippen LogP contribution is 2.36. The Morgan fingerprint density at radius 3 is 2.46 bits per heavy atom. The molecule has 0 aromatic heterocycles. The lowest BCUT2D eigenvalue weighted by Crippen LogP contribution is -2.38. The SMILES string of the molecule is C=CC1COC(C2CCC(CCc3ccc(CCO)c(F)c3)CC2)OC1. The van der Waals surface area contributed by atoms with Crippen LogP contribution in [-0.2, 0) is 22.3 Å². The van der Waals surface area contributed by atoms with Gasteiger partial charge in [-0.15, -0.1) is 6.58 Å². The molecular weight excluding hydrogens is 331 g/mol. The van der Waals surface area contributed by atoms with Gasteiger partial charge in [0.05, 0.1) is 13.2 Å². The molecule has 0 amide bonds. The van der Waals surface area contributed by atoms with Crippen molar-refractivity contribution in [2.75, 3.05) is 19.8 Å². The predicted molar refractivity (Wildman–Crippen MR) is 100 cm³/mol. The number of aliphatic hydroxyl groups is 1. The highest BCUT2D eigenvalue weighted by molar-refractivity contribution is 5.24. The third kappa shape index (κ3) is 5.15. The van der Waals surface area contributed by atoms with Crippen LogP contribution in [0.15, 0.2) is 30.9 Å². The van der Waals surface area contributed by atoms with E-state index in [0.29, 0.717) is 29.7 Å². The predicted octanol–water partition coefficient (Wildman–Crippen LogP) is 4.27. The molecule has 1 aromatic rings. The topological polar surface area (TPSA) is 38.7 Å². The largest absolute Gasteiger partial charge is 0.396 e. The third-order valence-electron chi connectivity index (χ3n) is 5.90.